The maximum absolute atomic E-state index is 11.7. The summed E-state index contributed by atoms with van der Waals surface area (Å²) in [5, 5.41) is 0. The fourth-order valence-corrected chi connectivity index (χ4v) is 3.94. The molecule has 0 aromatic heterocycles. The molecule has 0 amide bonds. The third-order valence-corrected chi connectivity index (χ3v) is 5.20. The summed E-state index contributed by atoms with van der Waals surface area (Å²) in [4.78, 5) is 62.5. The normalized spacial score (nSPS) is 14.4. The van der Waals surface area contributed by atoms with E-state index in [9.17, 15) is 19.2 Å². The van der Waals surface area contributed by atoms with Crippen LogP contribution < -0.4 is 0 Å². The van der Waals surface area contributed by atoms with E-state index in [-0.39, 0.29) is 11.1 Å². The number of aliphatic imine (C=N–C) groups is 4. The van der Waals surface area contributed by atoms with E-state index in [1.807, 2.05) is 0 Å². The Morgan fingerprint density at radius 2 is 0.788 bits per heavy atom. The Balaban J connectivity index is 2.59. The lowest BCUT2D eigenvalue weighted by atomic mass is 9.71. The molecule has 0 fully saturated rings. The van der Waals surface area contributed by atoms with Crippen molar-refractivity contribution in [1.29, 1.82) is 0 Å². The van der Waals surface area contributed by atoms with Crippen LogP contribution in [-0.4, -0.2) is 24.3 Å². The van der Waals surface area contributed by atoms with Gasteiger partial charge in [-0.3, -0.25) is 0 Å². The van der Waals surface area contributed by atoms with Gasteiger partial charge in [-0.2, -0.15) is 20.0 Å². The van der Waals surface area contributed by atoms with Crippen LogP contribution in [0.5, 0.6) is 0 Å². The molecule has 3 aromatic carbocycles. The lowest BCUT2D eigenvalue weighted by Gasteiger charge is -2.40. The van der Waals surface area contributed by atoms with Gasteiger partial charge < -0.3 is 0 Å². The predicted octanol–water partition coefficient (Wildman–Crippen LogP) is 3.82. The van der Waals surface area contributed by atoms with Crippen LogP contribution in [0, 0.1) is 0 Å². The molecular formula is C25H16N4O4. The fraction of sp³-hybridized carbons (Fsp3) is 0.120. The van der Waals surface area contributed by atoms with Gasteiger partial charge in [-0.25, -0.2) is 19.2 Å². The fourth-order valence-electron chi connectivity index (χ4n) is 3.94. The van der Waals surface area contributed by atoms with Crippen molar-refractivity contribution in [2.45, 2.75) is 17.2 Å². The molecule has 0 bridgehead atoms. The summed E-state index contributed by atoms with van der Waals surface area (Å²) in [5.41, 5.74) is -3.09. The monoisotopic (exact) mass is 436 g/mol. The number of hydrogen-bond acceptors (Lipinski definition) is 8. The summed E-state index contributed by atoms with van der Waals surface area (Å²) in [6, 6.07) is 24.8. The van der Waals surface area contributed by atoms with Crippen molar-refractivity contribution in [3.8, 4) is 0 Å². The Morgan fingerprint density at radius 1 is 0.485 bits per heavy atom. The number of carbonyl (C=O) groups excluding carboxylic acids is 4. The average Bonchev–Trinajstić information content (AvgIpc) is 2.86. The zero-order valence-electron chi connectivity index (χ0n) is 17.2. The molecule has 0 aliphatic rings. The second-order valence-corrected chi connectivity index (χ2v) is 6.84. The number of benzene rings is 3. The van der Waals surface area contributed by atoms with Gasteiger partial charge in [0.05, 0.1) is 5.92 Å². The van der Waals surface area contributed by atoms with Crippen molar-refractivity contribution in [3.63, 3.8) is 0 Å². The minimum atomic E-state index is -2.04. The maximum Gasteiger partial charge on any atom is 0.237 e. The van der Waals surface area contributed by atoms with Gasteiger partial charge in [0, 0.05) is 11.1 Å². The minimum Gasteiger partial charge on any atom is -0.211 e. The van der Waals surface area contributed by atoms with Crippen molar-refractivity contribution in [3.05, 3.63) is 108 Å². The zero-order chi connectivity index (χ0) is 23.6. The SMILES string of the molecule is O=C=NC(N=C=O)(c1ccccc1)C(c1ccccc1)C(N=C=O)(N=C=O)c1ccccc1. The second-order valence-electron chi connectivity index (χ2n) is 6.84. The summed E-state index contributed by atoms with van der Waals surface area (Å²) in [6.45, 7) is 0. The molecule has 160 valence electrons. The Kier molecular flexibility index (Phi) is 7.25. The molecule has 0 aliphatic heterocycles. The summed E-state index contributed by atoms with van der Waals surface area (Å²) >= 11 is 0. The van der Waals surface area contributed by atoms with E-state index in [0.29, 0.717) is 5.56 Å². The van der Waals surface area contributed by atoms with Crippen LogP contribution in [0.2, 0.25) is 0 Å². The zero-order valence-corrected chi connectivity index (χ0v) is 17.2. The molecule has 0 saturated carbocycles. The highest BCUT2D eigenvalue weighted by molar-refractivity contribution is 5.52. The molecule has 8 nitrogen and oxygen atoms in total. The summed E-state index contributed by atoms with van der Waals surface area (Å²) in [5.74, 6) is -1.29. The lowest BCUT2D eigenvalue weighted by molar-refractivity contribution is 0.240. The second kappa shape index (κ2) is 10.5. The molecule has 0 radical (unpaired) electrons. The molecule has 0 saturated heterocycles. The standard InChI is InChI=1S/C25H16N4O4/c30-16-26-24(27-17-31,21-12-6-2-7-13-21)23(20-10-4-1-5-11-20)25(28-18-32,29-19-33)22-14-8-3-9-15-22/h1-15,23H. The van der Waals surface area contributed by atoms with Crippen molar-refractivity contribution in [1.82, 2.24) is 0 Å². The quantitative estimate of drug-likeness (QED) is 0.374. The number of isocyanates is 4. The van der Waals surface area contributed by atoms with Gasteiger partial charge in [0.2, 0.25) is 35.6 Å². The van der Waals surface area contributed by atoms with Crippen LogP contribution in [0.4, 0.5) is 0 Å². The minimum absolute atomic E-state index is 0.285. The number of nitrogens with zero attached hydrogens (tertiary/aromatic N) is 4. The van der Waals surface area contributed by atoms with E-state index < -0.39 is 17.2 Å². The molecule has 8 heteroatoms. The first kappa shape index (κ1) is 22.9. The highest BCUT2D eigenvalue weighted by Gasteiger charge is 2.56. The van der Waals surface area contributed by atoms with E-state index >= 15 is 0 Å². The first-order valence-corrected chi connectivity index (χ1v) is 9.70. The average molecular weight is 436 g/mol. The first-order chi connectivity index (χ1) is 16.2. The van der Waals surface area contributed by atoms with E-state index in [1.54, 1.807) is 91.0 Å². The third-order valence-electron chi connectivity index (χ3n) is 5.20. The Morgan fingerprint density at radius 3 is 1.09 bits per heavy atom. The van der Waals surface area contributed by atoms with Crippen molar-refractivity contribution in [2.24, 2.45) is 20.0 Å². The number of hydrogen-bond donors (Lipinski definition) is 0. The molecular weight excluding hydrogens is 420 g/mol. The van der Waals surface area contributed by atoms with Gasteiger partial charge in [0.25, 0.3) is 0 Å². The summed E-state index contributed by atoms with van der Waals surface area (Å²) < 4.78 is 0. The molecule has 0 aliphatic carbocycles. The van der Waals surface area contributed by atoms with Gasteiger partial charge in [0.1, 0.15) is 0 Å². The van der Waals surface area contributed by atoms with Gasteiger partial charge >= 0.3 is 0 Å². The molecule has 3 rings (SSSR count). The van der Waals surface area contributed by atoms with Crippen LogP contribution in [0.25, 0.3) is 0 Å². The van der Waals surface area contributed by atoms with Crippen molar-refractivity contribution >= 4 is 24.3 Å². The summed E-state index contributed by atoms with van der Waals surface area (Å²) in [7, 11) is 0. The highest BCUT2D eigenvalue weighted by atomic mass is 16.1. The van der Waals surface area contributed by atoms with Crippen LogP contribution in [0.1, 0.15) is 22.6 Å². The molecule has 33 heavy (non-hydrogen) atoms. The topological polar surface area (TPSA) is 118 Å². The molecule has 3 aromatic rings. The first-order valence-electron chi connectivity index (χ1n) is 9.70. The number of rotatable bonds is 9. The van der Waals surface area contributed by atoms with Crippen LogP contribution >= 0.6 is 0 Å². The van der Waals surface area contributed by atoms with E-state index in [1.165, 1.54) is 24.3 Å². The highest BCUT2D eigenvalue weighted by Crippen LogP contribution is 2.53. The van der Waals surface area contributed by atoms with Crippen LogP contribution in [0.15, 0.2) is 111 Å². The summed E-state index contributed by atoms with van der Waals surface area (Å²) in [6.07, 6.45) is 5.89. The smallest absolute Gasteiger partial charge is 0.211 e. The van der Waals surface area contributed by atoms with Gasteiger partial charge in [-0.05, 0) is 5.56 Å². The molecule has 0 unspecified atom stereocenters. The molecule has 0 N–H and O–H groups in total. The molecule has 0 spiro atoms. The van der Waals surface area contributed by atoms with Crippen molar-refractivity contribution < 1.29 is 19.2 Å². The van der Waals surface area contributed by atoms with E-state index in [2.05, 4.69) is 20.0 Å². The van der Waals surface area contributed by atoms with Gasteiger partial charge in [-0.15, -0.1) is 0 Å². The predicted molar refractivity (Wildman–Crippen MR) is 118 cm³/mol. The van der Waals surface area contributed by atoms with Crippen molar-refractivity contribution in [2.75, 3.05) is 0 Å². The largest absolute Gasteiger partial charge is 0.237 e. The van der Waals surface area contributed by atoms with E-state index in [4.69, 9.17) is 0 Å². The van der Waals surface area contributed by atoms with Gasteiger partial charge in [0.15, 0.2) is 0 Å². The van der Waals surface area contributed by atoms with Crippen LogP contribution in [0.3, 0.4) is 0 Å². The lowest BCUT2D eigenvalue weighted by Crippen LogP contribution is -2.43. The van der Waals surface area contributed by atoms with Gasteiger partial charge in [-0.1, -0.05) is 91.0 Å². The Bertz CT molecular complexity index is 1170. The maximum atomic E-state index is 11.7. The molecule has 0 atom stereocenters. The van der Waals surface area contributed by atoms with Crippen LogP contribution in [-0.2, 0) is 30.5 Å². The Labute approximate surface area is 188 Å². The Hall–Kier alpha value is -4.82. The molecule has 0 heterocycles. The van der Waals surface area contributed by atoms with E-state index in [0.717, 1.165) is 0 Å². The third kappa shape index (κ3) is 4.32.